The van der Waals surface area contributed by atoms with Gasteiger partial charge in [0, 0.05) is 22.0 Å². The van der Waals surface area contributed by atoms with E-state index in [4.69, 9.17) is 0 Å². The molecule has 3 rings (SSSR count). The molecule has 4 nitrogen and oxygen atoms in total. The first-order valence-corrected chi connectivity index (χ1v) is 7.97. The zero-order chi connectivity index (χ0) is 15.0. The summed E-state index contributed by atoms with van der Waals surface area (Å²) < 4.78 is 1.51. The first-order valence-electron chi connectivity index (χ1n) is 7.18. The molecule has 2 aliphatic heterocycles. The van der Waals surface area contributed by atoms with E-state index in [9.17, 15) is 15.0 Å². The Labute approximate surface area is 148 Å². The summed E-state index contributed by atoms with van der Waals surface area (Å²) >= 11 is 3.37. The smallest absolute Gasteiger partial charge is 0.216 e. The summed E-state index contributed by atoms with van der Waals surface area (Å²) in [5, 5.41) is 19.6. The van der Waals surface area contributed by atoms with Gasteiger partial charge in [0.1, 0.15) is 18.7 Å². The molecule has 0 amide bonds. The molecule has 2 aliphatic rings. The van der Waals surface area contributed by atoms with Gasteiger partial charge in [0.15, 0.2) is 0 Å². The van der Waals surface area contributed by atoms with E-state index >= 15 is 0 Å². The van der Waals surface area contributed by atoms with Crippen molar-refractivity contribution >= 4 is 21.7 Å². The highest BCUT2D eigenvalue weighted by atomic mass is 79.9. The van der Waals surface area contributed by atoms with Crippen molar-refractivity contribution in [2.45, 2.75) is 18.6 Å². The number of rotatable bonds is 4. The minimum Gasteiger partial charge on any atom is -1.00 e. The summed E-state index contributed by atoms with van der Waals surface area (Å²) in [5.74, 6) is 0.0918. The Balaban J connectivity index is 0.00000176. The van der Waals surface area contributed by atoms with Crippen molar-refractivity contribution in [1.29, 1.82) is 0 Å². The highest BCUT2D eigenvalue weighted by molar-refractivity contribution is 9.10. The van der Waals surface area contributed by atoms with Gasteiger partial charge in [0.25, 0.3) is 0 Å². The van der Waals surface area contributed by atoms with Crippen molar-refractivity contribution in [3.05, 3.63) is 46.0 Å². The van der Waals surface area contributed by atoms with Crippen molar-refractivity contribution in [1.82, 2.24) is 0 Å². The molecule has 1 aromatic rings. The average Bonchev–Trinajstić information content (AvgIpc) is 2.98. The predicted octanol–water partition coefficient (Wildman–Crippen LogP) is -1.48. The van der Waals surface area contributed by atoms with Crippen LogP contribution in [0.25, 0.3) is 0 Å². The van der Waals surface area contributed by atoms with Crippen LogP contribution in [0.2, 0.25) is 0 Å². The van der Waals surface area contributed by atoms with E-state index in [1.165, 1.54) is 0 Å². The number of nitrogens with zero attached hydrogens (tertiary/aromatic N) is 1. The number of hydrogen-bond acceptors (Lipinski definition) is 3. The largest absolute Gasteiger partial charge is 1.00 e. The zero-order valence-electron chi connectivity index (χ0n) is 12.1. The number of carbonyl (C=O) groups is 1. The van der Waals surface area contributed by atoms with Gasteiger partial charge in [-0.25, -0.2) is 0 Å². The van der Waals surface area contributed by atoms with Crippen LogP contribution in [0, 0.1) is 0 Å². The Morgan fingerprint density at radius 1 is 1.32 bits per heavy atom. The van der Waals surface area contributed by atoms with Gasteiger partial charge in [-0.15, -0.1) is 0 Å². The van der Waals surface area contributed by atoms with Gasteiger partial charge in [-0.2, -0.15) is 0 Å². The number of fused-ring (bicyclic) bond motifs is 1. The molecule has 2 heterocycles. The molecule has 1 saturated heterocycles. The van der Waals surface area contributed by atoms with Gasteiger partial charge in [0.2, 0.25) is 5.78 Å². The van der Waals surface area contributed by atoms with E-state index in [-0.39, 0.29) is 35.4 Å². The Morgan fingerprint density at radius 3 is 2.64 bits per heavy atom. The number of carbonyl (C=O) groups excluding carboxylic acids is 1. The van der Waals surface area contributed by atoms with Gasteiger partial charge in [0.05, 0.1) is 19.7 Å². The van der Waals surface area contributed by atoms with Crippen LogP contribution in [-0.4, -0.2) is 58.9 Å². The monoisotopic (exact) mass is 431 g/mol. The SMILES string of the molecule is O=C(C[N+]12CC=C(CO)C1C(O)CC2)c1ccc(Br)cc1.[Br-]. The molecular weight excluding hydrogens is 414 g/mol. The third kappa shape index (κ3) is 3.08. The maximum atomic E-state index is 12.6. The lowest BCUT2D eigenvalue weighted by Crippen LogP contribution is -3.00. The topological polar surface area (TPSA) is 57.5 Å². The summed E-state index contributed by atoms with van der Waals surface area (Å²) in [4.78, 5) is 12.6. The number of quaternary nitrogens is 1. The normalized spacial score (nSPS) is 29.7. The summed E-state index contributed by atoms with van der Waals surface area (Å²) in [6, 6.07) is 7.26. The molecular formula is C16H19Br2NO3. The molecule has 120 valence electrons. The second kappa shape index (κ2) is 6.93. The fraction of sp³-hybridized carbons (Fsp3) is 0.438. The lowest BCUT2D eigenvalue weighted by molar-refractivity contribution is -0.917. The van der Waals surface area contributed by atoms with Crippen LogP contribution in [0.4, 0.5) is 0 Å². The third-order valence-corrected chi connectivity index (χ3v) is 5.26. The van der Waals surface area contributed by atoms with Crippen LogP contribution in [0.15, 0.2) is 40.4 Å². The van der Waals surface area contributed by atoms with E-state index in [0.29, 0.717) is 23.0 Å². The number of Topliss-reactive ketones (excluding diaryl/α,β-unsaturated/α-hetero) is 1. The summed E-state index contributed by atoms with van der Waals surface area (Å²) in [7, 11) is 0. The van der Waals surface area contributed by atoms with Gasteiger partial charge >= 0.3 is 0 Å². The van der Waals surface area contributed by atoms with Crippen LogP contribution < -0.4 is 17.0 Å². The molecule has 22 heavy (non-hydrogen) atoms. The summed E-state index contributed by atoms with van der Waals surface area (Å²) in [5.41, 5.74) is 1.58. The average molecular weight is 433 g/mol. The second-order valence-electron chi connectivity index (χ2n) is 5.95. The second-order valence-corrected chi connectivity index (χ2v) is 6.87. The number of halogens is 2. The van der Waals surface area contributed by atoms with E-state index < -0.39 is 6.10 Å². The number of aliphatic hydroxyl groups excluding tert-OH is 2. The van der Waals surface area contributed by atoms with Gasteiger partial charge in [-0.3, -0.25) is 4.79 Å². The molecule has 3 atom stereocenters. The van der Waals surface area contributed by atoms with Crippen molar-refractivity contribution in [3.63, 3.8) is 0 Å². The molecule has 0 spiro atoms. The van der Waals surface area contributed by atoms with Crippen molar-refractivity contribution in [2.24, 2.45) is 0 Å². The molecule has 0 saturated carbocycles. The molecule has 2 N–H and O–H groups in total. The van der Waals surface area contributed by atoms with E-state index in [2.05, 4.69) is 15.9 Å². The quantitative estimate of drug-likeness (QED) is 0.346. The number of hydrogen-bond donors (Lipinski definition) is 2. The molecule has 0 aliphatic carbocycles. The van der Waals surface area contributed by atoms with Crippen LogP contribution in [0.5, 0.6) is 0 Å². The molecule has 6 heteroatoms. The summed E-state index contributed by atoms with van der Waals surface area (Å²) in [6.45, 7) is 1.85. The maximum absolute atomic E-state index is 12.6. The lowest BCUT2D eigenvalue weighted by Gasteiger charge is -2.35. The molecule has 3 unspecified atom stereocenters. The predicted molar refractivity (Wildman–Crippen MR) is 82.9 cm³/mol. The van der Waals surface area contributed by atoms with Crippen LogP contribution in [0.3, 0.4) is 0 Å². The van der Waals surface area contributed by atoms with Crippen LogP contribution >= 0.6 is 15.9 Å². The molecule has 0 bridgehead atoms. The van der Waals surface area contributed by atoms with Gasteiger partial charge in [-0.05, 0) is 18.2 Å². The van der Waals surface area contributed by atoms with Gasteiger partial charge < -0.3 is 31.7 Å². The third-order valence-electron chi connectivity index (χ3n) is 4.73. The highest BCUT2D eigenvalue weighted by Crippen LogP contribution is 2.37. The number of aliphatic hydroxyl groups is 2. The first kappa shape index (κ1) is 17.8. The number of ketones is 1. The summed E-state index contributed by atoms with van der Waals surface area (Å²) in [6.07, 6.45) is 2.22. The van der Waals surface area contributed by atoms with E-state index in [1.807, 2.05) is 30.3 Å². The highest BCUT2D eigenvalue weighted by Gasteiger charge is 2.52. The van der Waals surface area contributed by atoms with Crippen molar-refractivity contribution < 1.29 is 36.5 Å². The number of benzene rings is 1. The Hall–Kier alpha value is -0.530. The maximum Gasteiger partial charge on any atom is 0.216 e. The Kier molecular flexibility index (Phi) is 5.61. The van der Waals surface area contributed by atoms with Crippen molar-refractivity contribution in [3.8, 4) is 0 Å². The zero-order valence-corrected chi connectivity index (χ0v) is 15.3. The molecule has 0 aromatic heterocycles. The minimum absolute atomic E-state index is 0. The minimum atomic E-state index is -0.455. The van der Waals surface area contributed by atoms with E-state index in [1.54, 1.807) is 0 Å². The van der Waals surface area contributed by atoms with Gasteiger partial charge in [-0.1, -0.05) is 28.1 Å². The van der Waals surface area contributed by atoms with Crippen LogP contribution in [-0.2, 0) is 0 Å². The Morgan fingerprint density at radius 2 is 2.00 bits per heavy atom. The molecule has 0 radical (unpaired) electrons. The van der Waals surface area contributed by atoms with Crippen molar-refractivity contribution in [2.75, 3.05) is 26.2 Å². The standard InChI is InChI=1S/C16H19BrNO3.BrH/c17-13-3-1-11(2-4-13)15(21)9-18-7-5-12(10-19)16(18)14(20)6-8-18;/h1-5,14,16,19-20H,6-10H2;1H/q+1;/p-1. The Bertz CT molecular complexity index is 588. The lowest BCUT2D eigenvalue weighted by atomic mass is 10.0. The molecule has 1 aromatic carbocycles. The van der Waals surface area contributed by atoms with Crippen LogP contribution in [0.1, 0.15) is 16.8 Å². The fourth-order valence-corrected chi connectivity index (χ4v) is 3.95. The molecule has 1 fully saturated rings. The first-order chi connectivity index (χ1) is 10.1. The fourth-order valence-electron chi connectivity index (χ4n) is 3.69. The van der Waals surface area contributed by atoms with E-state index in [0.717, 1.165) is 23.1 Å².